The molecule has 2 heterocycles. The highest BCUT2D eigenvalue weighted by molar-refractivity contribution is 5.60. The summed E-state index contributed by atoms with van der Waals surface area (Å²) in [6.45, 7) is 6.65. The minimum Gasteiger partial charge on any atom is -0.493 e. The third kappa shape index (κ3) is 4.17. The summed E-state index contributed by atoms with van der Waals surface area (Å²) in [5.74, 6) is 1.54. The van der Waals surface area contributed by atoms with Gasteiger partial charge < -0.3 is 4.74 Å². The number of rotatable bonds is 6. The normalized spacial score (nSPS) is 10.9. The van der Waals surface area contributed by atoms with E-state index in [2.05, 4.69) is 25.6 Å². The molecular weight excluding hydrogens is 316 g/mol. The van der Waals surface area contributed by atoms with E-state index in [0.717, 1.165) is 46.7 Å². The Hall–Kier alpha value is -2.83. The molecule has 3 rings (SSSR count). The first-order valence-electron chi connectivity index (χ1n) is 8.30. The first kappa shape index (κ1) is 17.0. The number of ether oxygens (including phenoxy) is 1. The standard InChI is InChI=1S/C18H22N6O/c1-12-10-15(18-21-23-24(4)22-18)11-13(2)17(12)25-9-5-6-16-8-7-14(3)19-20-16/h7-8,10-11H,5-6,9H2,1-4H3. The van der Waals surface area contributed by atoms with Gasteiger partial charge in [-0.15, -0.1) is 10.2 Å². The molecule has 0 N–H and O–H groups in total. The van der Waals surface area contributed by atoms with E-state index in [-0.39, 0.29) is 0 Å². The van der Waals surface area contributed by atoms with Crippen molar-refractivity contribution in [1.82, 2.24) is 30.4 Å². The zero-order valence-electron chi connectivity index (χ0n) is 15.0. The van der Waals surface area contributed by atoms with E-state index in [1.165, 1.54) is 4.80 Å². The van der Waals surface area contributed by atoms with Crippen LogP contribution in [0.25, 0.3) is 11.4 Å². The Morgan fingerprint density at radius 3 is 2.36 bits per heavy atom. The van der Waals surface area contributed by atoms with Crippen molar-refractivity contribution < 1.29 is 4.74 Å². The molecule has 25 heavy (non-hydrogen) atoms. The monoisotopic (exact) mass is 338 g/mol. The van der Waals surface area contributed by atoms with E-state index in [1.807, 2.05) is 45.0 Å². The maximum atomic E-state index is 6.00. The van der Waals surface area contributed by atoms with E-state index in [9.17, 15) is 0 Å². The lowest BCUT2D eigenvalue weighted by Crippen LogP contribution is -2.04. The van der Waals surface area contributed by atoms with Gasteiger partial charge in [-0.05, 0) is 74.2 Å². The van der Waals surface area contributed by atoms with Crippen LogP contribution in [0.3, 0.4) is 0 Å². The van der Waals surface area contributed by atoms with E-state index in [4.69, 9.17) is 4.74 Å². The van der Waals surface area contributed by atoms with Crippen LogP contribution in [0, 0.1) is 20.8 Å². The maximum Gasteiger partial charge on any atom is 0.204 e. The van der Waals surface area contributed by atoms with Crippen LogP contribution < -0.4 is 4.74 Å². The van der Waals surface area contributed by atoms with Crippen molar-refractivity contribution in [1.29, 1.82) is 0 Å². The number of aryl methyl sites for hydroxylation is 5. The fraction of sp³-hybridized carbons (Fsp3) is 0.389. The van der Waals surface area contributed by atoms with Gasteiger partial charge in [-0.25, -0.2) is 0 Å². The van der Waals surface area contributed by atoms with Gasteiger partial charge in [0.1, 0.15) is 5.75 Å². The summed E-state index contributed by atoms with van der Waals surface area (Å²) in [4.78, 5) is 1.46. The predicted molar refractivity (Wildman–Crippen MR) is 94.3 cm³/mol. The minimum absolute atomic E-state index is 0.623. The summed E-state index contributed by atoms with van der Waals surface area (Å²) in [6.07, 6.45) is 1.75. The number of hydrogen-bond acceptors (Lipinski definition) is 6. The molecule has 0 aliphatic carbocycles. The van der Waals surface area contributed by atoms with Gasteiger partial charge in [0.25, 0.3) is 0 Å². The summed E-state index contributed by atoms with van der Waals surface area (Å²) >= 11 is 0. The molecule has 2 aromatic heterocycles. The van der Waals surface area contributed by atoms with Crippen molar-refractivity contribution in [3.8, 4) is 17.1 Å². The average Bonchev–Trinajstić information content (AvgIpc) is 3.01. The lowest BCUT2D eigenvalue weighted by molar-refractivity contribution is 0.306. The number of hydrogen-bond donors (Lipinski definition) is 0. The first-order chi connectivity index (χ1) is 12.0. The van der Waals surface area contributed by atoms with Gasteiger partial charge in [-0.2, -0.15) is 15.0 Å². The molecule has 0 saturated heterocycles. The van der Waals surface area contributed by atoms with E-state index >= 15 is 0 Å². The molecule has 0 atom stereocenters. The predicted octanol–water partition coefficient (Wildman–Crippen LogP) is 2.60. The van der Waals surface area contributed by atoms with Gasteiger partial charge in [0, 0.05) is 5.56 Å². The molecule has 0 fully saturated rings. The smallest absolute Gasteiger partial charge is 0.204 e. The van der Waals surface area contributed by atoms with Crippen LogP contribution in [0.15, 0.2) is 24.3 Å². The molecule has 0 amide bonds. The number of nitrogens with zero attached hydrogens (tertiary/aromatic N) is 6. The summed E-state index contributed by atoms with van der Waals surface area (Å²) in [5.41, 5.74) is 5.01. The van der Waals surface area contributed by atoms with Crippen molar-refractivity contribution in [2.45, 2.75) is 33.6 Å². The second-order valence-corrected chi connectivity index (χ2v) is 6.16. The Morgan fingerprint density at radius 1 is 1.00 bits per heavy atom. The van der Waals surface area contributed by atoms with Gasteiger partial charge in [0.05, 0.1) is 25.0 Å². The Kier molecular flexibility index (Phi) is 5.02. The van der Waals surface area contributed by atoms with Crippen molar-refractivity contribution >= 4 is 0 Å². The van der Waals surface area contributed by atoms with E-state index in [0.29, 0.717) is 12.4 Å². The largest absolute Gasteiger partial charge is 0.493 e. The fourth-order valence-electron chi connectivity index (χ4n) is 2.69. The van der Waals surface area contributed by atoms with Crippen LogP contribution in [0.2, 0.25) is 0 Å². The van der Waals surface area contributed by atoms with Crippen LogP contribution in [-0.4, -0.2) is 37.0 Å². The summed E-state index contributed by atoms with van der Waals surface area (Å²) in [6, 6.07) is 8.06. The molecule has 1 aromatic carbocycles. The van der Waals surface area contributed by atoms with Crippen molar-refractivity contribution in [2.24, 2.45) is 7.05 Å². The minimum atomic E-state index is 0.623. The second kappa shape index (κ2) is 7.38. The summed E-state index contributed by atoms with van der Waals surface area (Å²) in [5, 5.41) is 20.4. The Bertz CT molecular complexity index is 833. The topological polar surface area (TPSA) is 78.6 Å². The van der Waals surface area contributed by atoms with Crippen LogP contribution in [0.1, 0.15) is 28.9 Å². The molecule has 0 radical (unpaired) electrons. The quantitative estimate of drug-likeness (QED) is 0.643. The summed E-state index contributed by atoms with van der Waals surface area (Å²) in [7, 11) is 1.76. The van der Waals surface area contributed by atoms with E-state index in [1.54, 1.807) is 7.05 Å². The van der Waals surface area contributed by atoms with Crippen molar-refractivity contribution in [2.75, 3.05) is 6.61 Å². The highest BCUT2D eigenvalue weighted by Gasteiger charge is 2.11. The molecule has 3 aromatic rings. The van der Waals surface area contributed by atoms with Gasteiger partial charge in [-0.1, -0.05) is 0 Å². The van der Waals surface area contributed by atoms with Crippen LogP contribution in [-0.2, 0) is 13.5 Å². The van der Waals surface area contributed by atoms with Gasteiger partial charge in [0.2, 0.25) is 5.82 Å². The SMILES string of the molecule is Cc1ccc(CCCOc2c(C)cc(-c3nnn(C)n3)cc2C)nn1. The average molecular weight is 338 g/mol. The molecule has 0 saturated carbocycles. The molecule has 130 valence electrons. The van der Waals surface area contributed by atoms with E-state index < -0.39 is 0 Å². The molecule has 0 spiro atoms. The molecular formula is C18H22N6O. The third-order valence-electron chi connectivity index (χ3n) is 3.90. The number of benzene rings is 1. The molecule has 0 unspecified atom stereocenters. The van der Waals surface area contributed by atoms with Crippen LogP contribution in [0.4, 0.5) is 0 Å². The lowest BCUT2D eigenvalue weighted by Gasteiger charge is -2.13. The number of aromatic nitrogens is 6. The lowest BCUT2D eigenvalue weighted by atomic mass is 10.1. The van der Waals surface area contributed by atoms with Crippen molar-refractivity contribution in [3.63, 3.8) is 0 Å². The van der Waals surface area contributed by atoms with Gasteiger partial charge in [0.15, 0.2) is 0 Å². The van der Waals surface area contributed by atoms with Crippen molar-refractivity contribution in [3.05, 3.63) is 46.8 Å². The van der Waals surface area contributed by atoms with Gasteiger partial charge >= 0.3 is 0 Å². The highest BCUT2D eigenvalue weighted by atomic mass is 16.5. The number of tetrazole rings is 1. The zero-order valence-corrected chi connectivity index (χ0v) is 15.0. The highest BCUT2D eigenvalue weighted by Crippen LogP contribution is 2.28. The maximum absolute atomic E-state index is 6.00. The first-order valence-corrected chi connectivity index (χ1v) is 8.30. The van der Waals surface area contributed by atoms with Crippen LogP contribution >= 0.6 is 0 Å². The fourth-order valence-corrected chi connectivity index (χ4v) is 2.69. The van der Waals surface area contributed by atoms with Gasteiger partial charge in [-0.3, -0.25) is 0 Å². The Morgan fingerprint density at radius 2 is 1.76 bits per heavy atom. The zero-order chi connectivity index (χ0) is 17.8. The molecule has 7 heteroatoms. The molecule has 0 bridgehead atoms. The van der Waals surface area contributed by atoms with Crippen LogP contribution in [0.5, 0.6) is 5.75 Å². The molecule has 7 nitrogen and oxygen atoms in total. The Labute approximate surface area is 147 Å². The second-order valence-electron chi connectivity index (χ2n) is 6.16. The molecule has 0 aliphatic rings. The molecule has 0 aliphatic heterocycles. The Balaban J connectivity index is 1.61. The third-order valence-corrected chi connectivity index (χ3v) is 3.90. The summed E-state index contributed by atoms with van der Waals surface area (Å²) < 4.78 is 6.00.